The molecular formula is C13H12N4O. The van der Waals surface area contributed by atoms with E-state index in [9.17, 15) is 0 Å². The highest BCUT2D eigenvalue weighted by Crippen LogP contribution is 2.25. The van der Waals surface area contributed by atoms with Crippen LogP contribution in [-0.2, 0) is 6.42 Å². The largest absolute Gasteiger partial charge is 0.419 e. The molecule has 2 heterocycles. The normalized spacial score (nSPS) is 10.9. The topological polar surface area (TPSA) is 77.8 Å². The number of nitrogens with two attached hydrogens (primary N) is 1. The summed E-state index contributed by atoms with van der Waals surface area (Å²) in [5.74, 6) is 0.984. The fraction of sp³-hybridized carbons (Fsp3) is 0.154. The van der Waals surface area contributed by atoms with Gasteiger partial charge in [-0.3, -0.25) is 4.98 Å². The Hall–Kier alpha value is -2.27. The SMILES string of the molecule is NCCc1nnc(-c2nccc3ccccc23)o1. The molecule has 2 aromatic heterocycles. The van der Waals surface area contributed by atoms with Crippen molar-refractivity contribution in [1.29, 1.82) is 0 Å². The molecule has 1 aromatic carbocycles. The summed E-state index contributed by atoms with van der Waals surface area (Å²) >= 11 is 0. The summed E-state index contributed by atoms with van der Waals surface area (Å²) < 4.78 is 5.55. The smallest absolute Gasteiger partial charge is 0.266 e. The quantitative estimate of drug-likeness (QED) is 0.755. The Labute approximate surface area is 104 Å². The molecule has 0 atom stereocenters. The monoisotopic (exact) mass is 240 g/mol. The predicted octanol–water partition coefficient (Wildman–Crippen LogP) is 1.79. The molecule has 0 bridgehead atoms. The zero-order chi connectivity index (χ0) is 12.4. The number of fused-ring (bicyclic) bond motifs is 1. The first kappa shape index (κ1) is 10.9. The second kappa shape index (κ2) is 4.54. The molecule has 0 aliphatic heterocycles. The van der Waals surface area contributed by atoms with E-state index >= 15 is 0 Å². The highest BCUT2D eigenvalue weighted by molar-refractivity contribution is 5.92. The van der Waals surface area contributed by atoms with Gasteiger partial charge in [0.1, 0.15) is 5.69 Å². The van der Waals surface area contributed by atoms with Crippen LogP contribution in [0.15, 0.2) is 40.9 Å². The first-order chi connectivity index (χ1) is 8.88. The third-order valence-corrected chi connectivity index (χ3v) is 2.70. The van der Waals surface area contributed by atoms with Crippen LogP contribution in [0.1, 0.15) is 5.89 Å². The average Bonchev–Trinajstić information content (AvgIpc) is 2.87. The number of benzene rings is 1. The van der Waals surface area contributed by atoms with Crippen LogP contribution in [-0.4, -0.2) is 21.7 Å². The molecule has 0 fully saturated rings. The van der Waals surface area contributed by atoms with Crippen molar-refractivity contribution in [3.63, 3.8) is 0 Å². The van der Waals surface area contributed by atoms with Gasteiger partial charge in [0, 0.05) is 24.5 Å². The van der Waals surface area contributed by atoms with Crippen LogP contribution in [0.25, 0.3) is 22.4 Å². The maximum atomic E-state index is 5.55. The summed E-state index contributed by atoms with van der Waals surface area (Å²) in [4.78, 5) is 4.32. The minimum atomic E-state index is 0.440. The van der Waals surface area contributed by atoms with Crippen molar-refractivity contribution >= 4 is 10.8 Å². The van der Waals surface area contributed by atoms with Gasteiger partial charge in [-0.15, -0.1) is 10.2 Å². The third-order valence-electron chi connectivity index (χ3n) is 2.70. The van der Waals surface area contributed by atoms with E-state index in [4.69, 9.17) is 10.2 Å². The molecular weight excluding hydrogens is 228 g/mol. The van der Waals surface area contributed by atoms with Crippen LogP contribution in [0.3, 0.4) is 0 Å². The average molecular weight is 240 g/mol. The van der Waals surface area contributed by atoms with E-state index in [0.717, 1.165) is 10.8 Å². The van der Waals surface area contributed by atoms with Crippen molar-refractivity contribution in [1.82, 2.24) is 15.2 Å². The van der Waals surface area contributed by atoms with Crippen molar-refractivity contribution in [2.75, 3.05) is 6.54 Å². The fourth-order valence-corrected chi connectivity index (χ4v) is 1.86. The van der Waals surface area contributed by atoms with E-state index in [0.29, 0.717) is 30.4 Å². The lowest BCUT2D eigenvalue weighted by molar-refractivity contribution is 0.506. The number of hydrogen-bond acceptors (Lipinski definition) is 5. The molecule has 18 heavy (non-hydrogen) atoms. The molecule has 0 saturated carbocycles. The summed E-state index contributed by atoms with van der Waals surface area (Å²) in [5, 5.41) is 10.1. The highest BCUT2D eigenvalue weighted by Gasteiger charge is 2.12. The predicted molar refractivity (Wildman–Crippen MR) is 67.8 cm³/mol. The summed E-state index contributed by atoms with van der Waals surface area (Å²) in [6.45, 7) is 0.491. The van der Waals surface area contributed by atoms with Gasteiger partial charge >= 0.3 is 0 Å². The lowest BCUT2D eigenvalue weighted by Gasteiger charge is -2.00. The van der Waals surface area contributed by atoms with Crippen molar-refractivity contribution in [3.05, 3.63) is 42.4 Å². The molecule has 0 aliphatic rings. The zero-order valence-electron chi connectivity index (χ0n) is 9.71. The standard InChI is InChI=1S/C13H12N4O/c14-7-5-11-16-17-13(18-11)12-10-4-2-1-3-9(10)6-8-15-12/h1-4,6,8H,5,7,14H2. The van der Waals surface area contributed by atoms with Gasteiger partial charge in [0.25, 0.3) is 5.89 Å². The van der Waals surface area contributed by atoms with Crippen LogP contribution >= 0.6 is 0 Å². The van der Waals surface area contributed by atoms with Crippen LogP contribution in [0.5, 0.6) is 0 Å². The molecule has 2 N–H and O–H groups in total. The molecule has 0 saturated heterocycles. The van der Waals surface area contributed by atoms with Crippen molar-refractivity contribution < 1.29 is 4.42 Å². The van der Waals surface area contributed by atoms with E-state index in [-0.39, 0.29) is 0 Å². The van der Waals surface area contributed by atoms with Gasteiger partial charge in [-0.05, 0) is 11.5 Å². The summed E-state index contributed by atoms with van der Waals surface area (Å²) in [5.41, 5.74) is 6.17. The number of aromatic nitrogens is 3. The van der Waals surface area contributed by atoms with Crippen LogP contribution in [0.4, 0.5) is 0 Å². The number of pyridine rings is 1. The molecule has 0 amide bonds. The lowest BCUT2D eigenvalue weighted by atomic mass is 10.1. The van der Waals surface area contributed by atoms with Gasteiger partial charge < -0.3 is 10.2 Å². The van der Waals surface area contributed by atoms with Gasteiger partial charge in [-0.2, -0.15) is 0 Å². The highest BCUT2D eigenvalue weighted by atomic mass is 16.4. The maximum Gasteiger partial charge on any atom is 0.266 e. The van der Waals surface area contributed by atoms with E-state index in [2.05, 4.69) is 15.2 Å². The van der Waals surface area contributed by atoms with Gasteiger partial charge in [0.15, 0.2) is 0 Å². The molecule has 3 rings (SSSR count). The van der Waals surface area contributed by atoms with E-state index in [1.807, 2.05) is 30.3 Å². The van der Waals surface area contributed by atoms with Gasteiger partial charge in [0.2, 0.25) is 5.89 Å². The van der Waals surface area contributed by atoms with Gasteiger partial charge in [-0.25, -0.2) is 0 Å². The molecule has 5 heteroatoms. The Morgan fingerprint density at radius 2 is 2.00 bits per heavy atom. The Morgan fingerprint density at radius 1 is 1.11 bits per heavy atom. The van der Waals surface area contributed by atoms with E-state index in [1.54, 1.807) is 6.20 Å². The van der Waals surface area contributed by atoms with E-state index < -0.39 is 0 Å². The molecule has 0 radical (unpaired) electrons. The molecule has 0 unspecified atom stereocenters. The second-order valence-electron chi connectivity index (χ2n) is 3.92. The minimum Gasteiger partial charge on any atom is -0.419 e. The molecule has 0 aliphatic carbocycles. The summed E-state index contributed by atoms with van der Waals surface area (Å²) in [7, 11) is 0. The van der Waals surface area contributed by atoms with Crippen LogP contribution in [0.2, 0.25) is 0 Å². The number of rotatable bonds is 3. The Bertz CT molecular complexity index is 672. The molecule has 3 aromatic rings. The second-order valence-corrected chi connectivity index (χ2v) is 3.92. The number of nitrogens with zero attached hydrogens (tertiary/aromatic N) is 3. The van der Waals surface area contributed by atoms with Crippen LogP contribution in [0, 0.1) is 0 Å². The molecule has 0 spiro atoms. The first-order valence-corrected chi connectivity index (χ1v) is 5.75. The maximum absolute atomic E-state index is 5.55. The van der Waals surface area contributed by atoms with Gasteiger partial charge in [-0.1, -0.05) is 24.3 Å². The molecule has 5 nitrogen and oxygen atoms in total. The minimum absolute atomic E-state index is 0.440. The van der Waals surface area contributed by atoms with Crippen molar-refractivity contribution in [3.8, 4) is 11.6 Å². The number of hydrogen-bond donors (Lipinski definition) is 1. The van der Waals surface area contributed by atoms with Crippen molar-refractivity contribution in [2.24, 2.45) is 5.73 Å². The zero-order valence-corrected chi connectivity index (χ0v) is 9.71. The molecule has 90 valence electrons. The first-order valence-electron chi connectivity index (χ1n) is 5.75. The fourth-order valence-electron chi connectivity index (χ4n) is 1.86. The Balaban J connectivity index is 2.12. The van der Waals surface area contributed by atoms with Gasteiger partial charge in [0.05, 0.1) is 0 Å². The van der Waals surface area contributed by atoms with Crippen molar-refractivity contribution in [2.45, 2.75) is 6.42 Å². The lowest BCUT2D eigenvalue weighted by Crippen LogP contribution is -2.02. The van der Waals surface area contributed by atoms with E-state index in [1.165, 1.54) is 0 Å². The summed E-state index contributed by atoms with van der Waals surface area (Å²) in [6, 6.07) is 9.92. The summed E-state index contributed by atoms with van der Waals surface area (Å²) in [6.07, 6.45) is 2.32. The Morgan fingerprint density at radius 3 is 2.89 bits per heavy atom. The third kappa shape index (κ3) is 1.84. The van der Waals surface area contributed by atoms with Crippen LogP contribution < -0.4 is 5.73 Å². The Kier molecular flexibility index (Phi) is 2.74.